The molecule has 2 fully saturated rings. The van der Waals surface area contributed by atoms with Crippen LogP contribution in [0.3, 0.4) is 0 Å². The number of carbonyl (C=O) groups is 2. The second kappa shape index (κ2) is 8.92. The van der Waals surface area contributed by atoms with Gasteiger partial charge in [0.05, 0.1) is 0 Å². The number of urea groups is 1. The van der Waals surface area contributed by atoms with Crippen LogP contribution in [0, 0.1) is 0 Å². The molecule has 26 heavy (non-hydrogen) atoms. The fourth-order valence-corrected chi connectivity index (χ4v) is 3.73. The van der Waals surface area contributed by atoms with Crippen molar-refractivity contribution in [1.82, 2.24) is 9.80 Å². The van der Waals surface area contributed by atoms with Gasteiger partial charge < -0.3 is 20.0 Å². The normalized spacial score (nSPS) is 18.7. The van der Waals surface area contributed by atoms with Gasteiger partial charge in [-0.05, 0) is 50.3 Å². The molecule has 6 heteroatoms. The first-order valence-corrected chi connectivity index (χ1v) is 9.86. The van der Waals surface area contributed by atoms with E-state index in [0.717, 1.165) is 50.4 Å². The summed E-state index contributed by atoms with van der Waals surface area (Å²) in [5.74, 6) is 0.0431. The summed E-state index contributed by atoms with van der Waals surface area (Å²) in [6.07, 6.45) is 5.51. The summed E-state index contributed by atoms with van der Waals surface area (Å²) in [6, 6.07) is 7.84. The molecule has 0 radical (unpaired) electrons. The van der Waals surface area contributed by atoms with Crippen molar-refractivity contribution in [2.75, 3.05) is 49.5 Å². The van der Waals surface area contributed by atoms with E-state index in [4.69, 9.17) is 0 Å². The third-order valence-electron chi connectivity index (χ3n) is 5.13. The lowest BCUT2D eigenvalue weighted by molar-refractivity contribution is -0.130. The van der Waals surface area contributed by atoms with Crippen LogP contribution in [0.2, 0.25) is 0 Å². The van der Waals surface area contributed by atoms with Crippen molar-refractivity contribution in [3.63, 3.8) is 0 Å². The third-order valence-corrected chi connectivity index (χ3v) is 5.13. The van der Waals surface area contributed by atoms with Crippen LogP contribution >= 0.6 is 0 Å². The van der Waals surface area contributed by atoms with E-state index in [2.05, 4.69) is 23.2 Å². The molecule has 1 aromatic carbocycles. The van der Waals surface area contributed by atoms with E-state index in [1.165, 1.54) is 19.3 Å². The number of hydrogen-bond donors (Lipinski definition) is 1. The summed E-state index contributed by atoms with van der Waals surface area (Å²) in [5.41, 5.74) is 1.95. The molecule has 6 nitrogen and oxygen atoms in total. The van der Waals surface area contributed by atoms with Gasteiger partial charge in [-0.3, -0.25) is 4.79 Å². The highest BCUT2D eigenvalue weighted by molar-refractivity contribution is 5.93. The fourth-order valence-electron chi connectivity index (χ4n) is 3.73. The highest BCUT2D eigenvalue weighted by Gasteiger charge is 2.24. The molecule has 1 aromatic rings. The molecule has 2 saturated heterocycles. The molecule has 0 saturated carbocycles. The fraction of sp³-hybridized carbons (Fsp3) is 0.600. The van der Waals surface area contributed by atoms with Gasteiger partial charge in [0.15, 0.2) is 0 Å². The molecule has 3 rings (SSSR count). The summed E-state index contributed by atoms with van der Waals surface area (Å²) in [7, 11) is 0. The summed E-state index contributed by atoms with van der Waals surface area (Å²) >= 11 is 0. The summed E-state index contributed by atoms with van der Waals surface area (Å²) in [4.78, 5) is 30.8. The number of nitrogens with zero attached hydrogens (tertiary/aromatic N) is 3. The highest BCUT2D eigenvalue weighted by Crippen LogP contribution is 2.23. The monoisotopic (exact) mass is 358 g/mol. The number of amides is 3. The van der Waals surface area contributed by atoms with Gasteiger partial charge in [0.2, 0.25) is 5.91 Å². The van der Waals surface area contributed by atoms with Gasteiger partial charge in [0.25, 0.3) is 0 Å². The Morgan fingerprint density at radius 3 is 2.65 bits per heavy atom. The van der Waals surface area contributed by atoms with E-state index < -0.39 is 0 Å². The Morgan fingerprint density at radius 1 is 1.08 bits per heavy atom. The smallest absolute Gasteiger partial charge is 0.322 e. The van der Waals surface area contributed by atoms with Crippen LogP contribution in [0.15, 0.2) is 24.3 Å². The minimum absolute atomic E-state index is 0.0431. The van der Waals surface area contributed by atoms with Crippen LogP contribution in [-0.2, 0) is 4.79 Å². The maximum Gasteiger partial charge on any atom is 0.322 e. The Kier molecular flexibility index (Phi) is 6.36. The highest BCUT2D eigenvalue weighted by atomic mass is 16.2. The van der Waals surface area contributed by atoms with Crippen molar-refractivity contribution >= 4 is 23.3 Å². The molecule has 2 heterocycles. The first-order chi connectivity index (χ1) is 12.7. The minimum Gasteiger partial charge on any atom is -0.371 e. The van der Waals surface area contributed by atoms with E-state index in [-0.39, 0.29) is 18.5 Å². The largest absolute Gasteiger partial charge is 0.371 e. The number of hydrogen-bond acceptors (Lipinski definition) is 3. The van der Waals surface area contributed by atoms with Gasteiger partial charge in [-0.25, -0.2) is 4.79 Å². The molecule has 0 bridgehead atoms. The Bertz CT molecular complexity index is 628. The first kappa shape index (κ1) is 18.5. The van der Waals surface area contributed by atoms with Crippen molar-refractivity contribution in [2.45, 2.75) is 39.0 Å². The summed E-state index contributed by atoms with van der Waals surface area (Å²) < 4.78 is 0. The van der Waals surface area contributed by atoms with E-state index >= 15 is 0 Å². The molecule has 0 aliphatic carbocycles. The predicted octanol–water partition coefficient (Wildman–Crippen LogP) is 3.15. The molecule has 2 aliphatic heterocycles. The van der Waals surface area contributed by atoms with Gasteiger partial charge in [-0.15, -0.1) is 0 Å². The summed E-state index contributed by atoms with van der Waals surface area (Å²) in [6.45, 7) is 6.50. The number of piperidine rings is 1. The third kappa shape index (κ3) is 4.68. The maximum absolute atomic E-state index is 12.6. The van der Waals surface area contributed by atoms with Crippen molar-refractivity contribution in [3.05, 3.63) is 24.3 Å². The number of nitrogens with one attached hydrogen (secondary N) is 1. The number of anilines is 2. The molecular formula is C20H30N4O2. The molecule has 1 N–H and O–H groups in total. The van der Waals surface area contributed by atoms with Crippen molar-refractivity contribution in [3.8, 4) is 0 Å². The SMILES string of the molecule is CCCN1CCCN(C(=O)Nc2cccc(N3CCCCC3)c2)CC1=O. The number of benzene rings is 1. The van der Waals surface area contributed by atoms with Crippen LogP contribution in [0.1, 0.15) is 39.0 Å². The molecule has 0 unspecified atom stereocenters. The van der Waals surface area contributed by atoms with Crippen LogP contribution < -0.4 is 10.2 Å². The van der Waals surface area contributed by atoms with Crippen LogP contribution in [0.25, 0.3) is 0 Å². The van der Waals surface area contributed by atoms with Crippen LogP contribution in [0.5, 0.6) is 0 Å². The maximum atomic E-state index is 12.6. The van der Waals surface area contributed by atoms with E-state index in [1.807, 2.05) is 23.1 Å². The lowest BCUT2D eigenvalue weighted by atomic mass is 10.1. The Labute approximate surface area is 156 Å². The van der Waals surface area contributed by atoms with Crippen molar-refractivity contribution in [1.29, 1.82) is 0 Å². The topological polar surface area (TPSA) is 55.9 Å². The van der Waals surface area contributed by atoms with Crippen LogP contribution in [-0.4, -0.2) is 61.0 Å². The molecule has 0 atom stereocenters. The zero-order valence-electron chi connectivity index (χ0n) is 15.7. The lowest BCUT2D eigenvalue weighted by Crippen LogP contribution is -2.41. The van der Waals surface area contributed by atoms with E-state index in [0.29, 0.717) is 6.54 Å². The zero-order chi connectivity index (χ0) is 18.4. The van der Waals surface area contributed by atoms with Crippen molar-refractivity contribution < 1.29 is 9.59 Å². The zero-order valence-corrected chi connectivity index (χ0v) is 15.7. The first-order valence-electron chi connectivity index (χ1n) is 9.86. The predicted molar refractivity (Wildman–Crippen MR) is 105 cm³/mol. The molecular weight excluding hydrogens is 328 g/mol. The van der Waals surface area contributed by atoms with Gasteiger partial charge in [0.1, 0.15) is 6.54 Å². The molecule has 142 valence electrons. The Balaban J connectivity index is 1.61. The second-order valence-electron chi connectivity index (χ2n) is 7.18. The molecule has 3 amide bonds. The van der Waals surface area contributed by atoms with E-state index in [1.54, 1.807) is 4.90 Å². The van der Waals surface area contributed by atoms with Crippen LogP contribution in [0.4, 0.5) is 16.2 Å². The van der Waals surface area contributed by atoms with Gasteiger partial charge in [0, 0.05) is 44.1 Å². The van der Waals surface area contributed by atoms with E-state index in [9.17, 15) is 9.59 Å². The molecule has 0 spiro atoms. The van der Waals surface area contributed by atoms with Gasteiger partial charge in [-0.1, -0.05) is 13.0 Å². The second-order valence-corrected chi connectivity index (χ2v) is 7.18. The Hall–Kier alpha value is -2.24. The number of rotatable bonds is 4. The Morgan fingerprint density at radius 2 is 1.88 bits per heavy atom. The lowest BCUT2D eigenvalue weighted by Gasteiger charge is -2.29. The summed E-state index contributed by atoms with van der Waals surface area (Å²) in [5, 5.41) is 2.98. The van der Waals surface area contributed by atoms with Crippen molar-refractivity contribution in [2.24, 2.45) is 0 Å². The molecule has 0 aromatic heterocycles. The average molecular weight is 358 g/mol. The average Bonchev–Trinajstić information content (AvgIpc) is 2.85. The van der Waals surface area contributed by atoms with Gasteiger partial charge in [-0.2, -0.15) is 0 Å². The minimum atomic E-state index is -0.188. The quantitative estimate of drug-likeness (QED) is 0.899. The standard InChI is InChI=1S/C20H30N4O2/c1-2-10-23-13-7-14-24(16-19(23)25)20(26)21-17-8-6-9-18(15-17)22-11-4-3-5-12-22/h6,8-9,15H,2-5,7,10-14,16H2,1H3,(H,21,26). The van der Waals surface area contributed by atoms with Gasteiger partial charge >= 0.3 is 6.03 Å². The number of carbonyl (C=O) groups excluding carboxylic acids is 2. The molecule has 2 aliphatic rings.